The van der Waals surface area contributed by atoms with Crippen molar-refractivity contribution in [2.24, 2.45) is 0 Å². The molecular formula is C16H20ClNO2. The number of nitriles is 1. The maximum absolute atomic E-state index is 9.16. The van der Waals surface area contributed by atoms with Gasteiger partial charge in [-0.15, -0.1) is 0 Å². The number of hydrogen-bond acceptors (Lipinski definition) is 3. The highest BCUT2D eigenvalue weighted by molar-refractivity contribution is 6.31. The van der Waals surface area contributed by atoms with Gasteiger partial charge in [0, 0.05) is 5.02 Å². The van der Waals surface area contributed by atoms with E-state index in [0.717, 1.165) is 24.8 Å². The van der Waals surface area contributed by atoms with Gasteiger partial charge in [-0.2, -0.15) is 5.26 Å². The molecule has 1 fully saturated rings. The molecule has 0 radical (unpaired) electrons. The first-order chi connectivity index (χ1) is 9.52. The molecule has 4 heteroatoms. The first-order valence-electron chi connectivity index (χ1n) is 6.95. The van der Waals surface area contributed by atoms with Gasteiger partial charge in [0.25, 0.3) is 0 Å². The summed E-state index contributed by atoms with van der Waals surface area (Å²) in [7, 11) is 0. The lowest BCUT2D eigenvalue weighted by molar-refractivity contribution is -0.114. The lowest BCUT2D eigenvalue weighted by Crippen LogP contribution is -2.37. The fraction of sp³-hybridized carbons (Fsp3) is 0.562. The predicted octanol–water partition coefficient (Wildman–Crippen LogP) is 4.10. The Kier molecular flexibility index (Phi) is 4.70. The van der Waals surface area contributed by atoms with E-state index in [1.807, 2.05) is 31.2 Å². The number of hydrogen-bond donors (Lipinski definition) is 0. The highest BCUT2D eigenvalue weighted by Gasteiger charge is 2.46. The molecule has 1 aromatic carbocycles. The second-order valence-electron chi connectivity index (χ2n) is 5.57. The third kappa shape index (κ3) is 3.32. The fourth-order valence-corrected chi connectivity index (χ4v) is 2.73. The van der Waals surface area contributed by atoms with E-state index in [4.69, 9.17) is 26.3 Å². The van der Waals surface area contributed by atoms with E-state index >= 15 is 0 Å². The summed E-state index contributed by atoms with van der Waals surface area (Å²) < 4.78 is 11.8. The van der Waals surface area contributed by atoms with Crippen molar-refractivity contribution in [1.29, 1.82) is 5.26 Å². The molecule has 2 atom stereocenters. The van der Waals surface area contributed by atoms with Crippen molar-refractivity contribution in [1.82, 2.24) is 0 Å². The molecule has 1 aliphatic heterocycles. The van der Waals surface area contributed by atoms with Crippen LogP contribution in [-0.2, 0) is 16.1 Å². The summed E-state index contributed by atoms with van der Waals surface area (Å²) in [6.07, 6.45) is 2.45. The van der Waals surface area contributed by atoms with Crippen LogP contribution in [0.15, 0.2) is 24.3 Å². The Bertz CT molecular complexity index is 513. The first-order valence-corrected chi connectivity index (χ1v) is 7.33. The number of ether oxygens (including phenoxy) is 2. The molecule has 0 aliphatic carbocycles. The smallest absolute Gasteiger partial charge is 0.152 e. The second kappa shape index (κ2) is 6.13. The average Bonchev–Trinajstić information content (AvgIpc) is 2.80. The maximum atomic E-state index is 9.16. The highest BCUT2D eigenvalue weighted by Crippen LogP contribution is 2.39. The molecular weight excluding hydrogens is 274 g/mol. The van der Waals surface area contributed by atoms with Crippen molar-refractivity contribution in [3.8, 4) is 6.07 Å². The SMILES string of the molecule is CCC1(COCc2ccccc2Cl)CCC(C)(C#N)O1. The summed E-state index contributed by atoms with van der Waals surface area (Å²) >= 11 is 6.10. The van der Waals surface area contributed by atoms with Crippen LogP contribution in [0.2, 0.25) is 5.02 Å². The Morgan fingerprint density at radius 1 is 1.40 bits per heavy atom. The lowest BCUT2D eigenvalue weighted by Gasteiger charge is -2.29. The van der Waals surface area contributed by atoms with Crippen LogP contribution in [0.1, 0.15) is 38.7 Å². The zero-order chi connectivity index (χ0) is 14.6. The van der Waals surface area contributed by atoms with E-state index in [0.29, 0.717) is 18.2 Å². The van der Waals surface area contributed by atoms with E-state index < -0.39 is 5.60 Å². The van der Waals surface area contributed by atoms with Gasteiger partial charge in [-0.05, 0) is 37.8 Å². The van der Waals surface area contributed by atoms with Crippen molar-refractivity contribution in [3.63, 3.8) is 0 Å². The van der Waals surface area contributed by atoms with Crippen LogP contribution >= 0.6 is 11.6 Å². The predicted molar refractivity (Wildman–Crippen MR) is 78.5 cm³/mol. The van der Waals surface area contributed by atoms with Crippen molar-refractivity contribution in [3.05, 3.63) is 34.9 Å². The number of nitrogens with zero attached hydrogens (tertiary/aromatic N) is 1. The molecule has 0 amide bonds. The zero-order valence-electron chi connectivity index (χ0n) is 12.0. The molecule has 1 aliphatic rings. The molecule has 1 heterocycles. The van der Waals surface area contributed by atoms with Gasteiger partial charge in [-0.3, -0.25) is 0 Å². The van der Waals surface area contributed by atoms with Gasteiger partial charge in [0.1, 0.15) is 0 Å². The molecule has 0 saturated carbocycles. The quantitative estimate of drug-likeness (QED) is 0.821. The molecule has 108 valence electrons. The minimum Gasteiger partial charge on any atom is -0.374 e. The molecule has 0 N–H and O–H groups in total. The van der Waals surface area contributed by atoms with Gasteiger partial charge in [-0.1, -0.05) is 36.7 Å². The summed E-state index contributed by atoms with van der Waals surface area (Å²) in [5.41, 5.74) is -0.0448. The summed E-state index contributed by atoms with van der Waals surface area (Å²) in [6.45, 7) is 4.88. The molecule has 2 rings (SSSR count). The van der Waals surface area contributed by atoms with E-state index in [-0.39, 0.29) is 5.60 Å². The molecule has 2 unspecified atom stereocenters. The molecule has 0 aromatic heterocycles. The van der Waals surface area contributed by atoms with Gasteiger partial charge in [0.2, 0.25) is 0 Å². The summed E-state index contributed by atoms with van der Waals surface area (Å²) in [4.78, 5) is 0. The fourth-order valence-electron chi connectivity index (χ4n) is 2.54. The van der Waals surface area contributed by atoms with Gasteiger partial charge in [0.05, 0.1) is 24.9 Å². The van der Waals surface area contributed by atoms with Gasteiger partial charge in [0.15, 0.2) is 5.60 Å². The van der Waals surface area contributed by atoms with Crippen molar-refractivity contribution in [2.75, 3.05) is 6.61 Å². The topological polar surface area (TPSA) is 42.2 Å². The average molecular weight is 294 g/mol. The molecule has 1 aromatic rings. The van der Waals surface area contributed by atoms with Gasteiger partial charge < -0.3 is 9.47 Å². The normalized spacial score (nSPS) is 29.3. The van der Waals surface area contributed by atoms with E-state index in [2.05, 4.69) is 13.0 Å². The molecule has 20 heavy (non-hydrogen) atoms. The Balaban J connectivity index is 1.93. The summed E-state index contributed by atoms with van der Waals surface area (Å²) in [5, 5.41) is 9.87. The Labute approximate surface area is 125 Å². The largest absolute Gasteiger partial charge is 0.374 e. The summed E-state index contributed by atoms with van der Waals surface area (Å²) in [5.74, 6) is 0. The molecule has 0 spiro atoms. The van der Waals surface area contributed by atoms with E-state index in [1.54, 1.807) is 0 Å². The molecule has 0 bridgehead atoms. The van der Waals surface area contributed by atoms with Crippen molar-refractivity contribution in [2.45, 2.75) is 50.9 Å². The van der Waals surface area contributed by atoms with Crippen molar-refractivity contribution >= 4 is 11.6 Å². The van der Waals surface area contributed by atoms with E-state index in [9.17, 15) is 0 Å². The zero-order valence-corrected chi connectivity index (χ0v) is 12.7. The van der Waals surface area contributed by atoms with Gasteiger partial charge in [-0.25, -0.2) is 0 Å². The minimum absolute atomic E-state index is 0.342. The van der Waals surface area contributed by atoms with Crippen LogP contribution in [0.4, 0.5) is 0 Å². The van der Waals surface area contributed by atoms with Crippen LogP contribution < -0.4 is 0 Å². The molecule has 3 nitrogen and oxygen atoms in total. The maximum Gasteiger partial charge on any atom is 0.152 e. The van der Waals surface area contributed by atoms with Crippen LogP contribution in [0, 0.1) is 11.3 Å². The molecule has 1 saturated heterocycles. The number of halogens is 1. The van der Waals surface area contributed by atoms with Gasteiger partial charge >= 0.3 is 0 Å². The van der Waals surface area contributed by atoms with Crippen molar-refractivity contribution < 1.29 is 9.47 Å². The minimum atomic E-state index is -0.677. The summed E-state index contributed by atoms with van der Waals surface area (Å²) in [6, 6.07) is 9.90. The van der Waals surface area contributed by atoms with Crippen LogP contribution in [0.3, 0.4) is 0 Å². The third-order valence-corrected chi connectivity index (χ3v) is 4.33. The van der Waals surface area contributed by atoms with Crippen LogP contribution in [-0.4, -0.2) is 17.8 Å². The second-order valence-corrected chi connectivity index (χ2v) is 5.97. The number of rotatable bonds is 5. The standard InChI is InChI=1S/C16H20ClNO2/c1-3-16(9-8-15(2,11-18)20-16)12-19-10-13-6-4-5-7-14(13)17/h4-7H,3,8-10,12H2,1-2H3. The first kappa shape index (κ1) is 15.3. The Morgan fingerprint density at radius 3 is 2.75 bits per heavy atom. The third-order valence-electron chi connectivity index (χ3n) is 3.96. The lowest BCUT2D eigenvalue weighted by atomic mass is 9.96. The highest BCUT2D eigenvalue weighted by atomic mass is 35.5. The number of benzene rings is 1. The monoisotopic (exact) mass is 293 g/mol. The van der Waals surface area contributed by atoms with E-state index in [1.165, 1.54) is 0 Å². The Hall–Kier alpha value is -1.08. The Morgan fingerprint density at radius 2 is 2.15 bits per heavy atom. The van der Waals surface area contributed by atoms with Crippen LogP contribution in [0.25, 0.3) is 0 Å². The van der Waals surface area contributed by atoms with Crippen LogP contribution in [0.5, 0.6) is 0 Å².